The summed E-state index contributed by atoms with van der Waals surface area (Å²) in [5, 5.41) is 10.3. The van der Waals surface area contributed by atoms with E-state index in [1.54, 1.807) is 19.1 Å². The first kappa shape index (κ1) is 19.0. The van der Waals surface area contributed by atoms with Gasteiger partial charge in [0.2, 0.25) is 6.29 Å². The number of benzene rings is 2. The van der Waals surface area contributed by atoms with Crippen molar-refractivity contribution >= 4 is 33.3 Å². The van der Waals surface area contributed by atoms with E-state index in [0.717, 1.165) is 5.56 Å². The molecule has 0 aliphatic rings. The maximum atomic E-state index is 12.4. The minimum atomic E-state index is -4.11. The van der Waals surface area contributed by atoms with E-state index in [0.29, 0.717) is 5.02 Å². The maximum Gasteiger partial charge on any atom is 0.300 e. The van der Waals surface area contributed by atoms with Gasteiger partial charge in [0.15, 0.2) is 0 Å². The number of aryl methyl sites for hydroxylation is 1. The molecule has 0 saturated heterocycles. The molecule has 2 rings (SSSR count). The predicted octanol–water partition coefficient (Wildman–Crippen LogP) is 3.79. The molecule has 2 atom stereocenters. The highest BCUT2D eigenvalue weighted by atomic mass is 35.5. The van der Waals surface area contributed by atoms with Crippen molar-refractivity contribution < 1.29 is 22.4 Å². The van der Waals surface area contributed by atoms with E-state index in [2.05, 4.69) is 0 Å². The highest BCUT2D eigenvalue weighted by Crippen LogP contribution is 2.28. The summed E-state index contributed by atoms with van der Waals surface area (Å²) in [4.78, 5) is -0.0223. The molecule has 0 saturated carbocycles. The lowest BCUT2D eigenvalue weighted by Gasteiger charge is -2.21. The summed E-state index contributed by atoms with van der Waals surface area (Å²) in [5.41, 5.74) is 0.763. The monoisotopic (exact) mass is 390 g/mol. The van der Waals surface area contributed by atoms with Crippen LogP contribution in [0.5, 0.6) is 5.75 Å². The van der Waals surface area contributed by atoms with E-state index < -0.39 is 22.5 Å². The van der Waals surface area contributed by atoms with Gasteiger partial charge in [-0.25, -0.2) is 4.18 Å². The van der Waals surface area contributed by atoms with Crippen molar-refractivity contribution in [3.63, 3.8) is 0 Å². The molecule has 1 N–H and O–H groups in total. The number of aliphatic hydroxyl groups excluding tert-OH is 1. The van der Waals surface area contributed by atoms with Crippen LogP contribution < -0.4 is 4.74 Å². The molecule has 0 amide bonds. The summed E-state index contributed by atoms with van der Waals surface area (Å²) in [6.45, 7) is 3.12. The molecule has 0 aliphatic heterocycles. The lowest BCUT2D eigenvalue weighted by Crippen LogP contribution is -2.34. The van der Waals surface area contributed by atoms with Crippen molar-refractivity contribution in [1.82, 2.24) is 0 Å². The van der Waals surface area contributed by atoms with E-state index in [1.807, 2.05) is 0 Å². The van der Waals surface area contributed by atoms with E-state index in [-0.39, 0.29) is 15.7 Å². The number of hydrogen-bond donors (Lipinski definition) is 1. The molecule has 0 bridgehead atoms. The van der Waals surface area contributed by atoms with Gasteiger partial charge >= 0.3 is 0 Å². The number of ether oxygens (including phenoxy) is 1. The molecule has 0 fully saturated rings. The van der Waals surface area contributed by atoms with Crippen LogP contribution >= 0.6 is 23.2 Å². The van der Waals surface area contributed by atoms with Gasteiger partial charge in [0, 0.05) is 6.07 Å². The predicted molar refractivity (Wildman–Crippen MR) is 92.0 cm³/mol. The van der Waals surface area contributed by atoms with Crippen molar-refractivity contribution in [3.05, 3.63) is 58.1 Å². The Morgan fingerprint density at radius 2 is 1.79 bits per heavy atom. The second kappa shape index (κ2) is 7.72. The zero-order valence-electron chi connectivity index (χ0n) is 12.9. The van der Waals surface area contributed by atoms with Gasteiger partial charge in [-0.3, -0.25) is 0 Å². The smallest absolute Gasteiger partial charge is 0.300 e. The highest BCUT2D eigenvalue weighted by Gasteiger charge is 2.27. The fourth-order valence-electron chi connectivity index (χ4n) is 1.83. The van der Waals surface area contributed by atoms with Gasteiger partial charge in [-0.05, 0) is 43.7 Å². The third kappa shape index (κ3) is 4.84. The lowest BCUT2D eigenvalue weighted by molar-refractivity contribution is -0.0741. The van der Waals surface area contributed by atoms with Crippen molar-refractivity contribution in [2.75, 3.05) is 0 Å². The molecule has 2 aromatic carbocycles. The number of hydrogen-bond acceptors (Lipinski definition) is 5. The standard InChI is InChI=1S/C16H16Cl2O5S/c1-10-4-3-5-13(8-10)24(20,21)23-16(11(2)19)22-12-6-7-14(17)15(18)9-12/h3-9,11,16,19H,1-2H3. The van der Waals surface area contributed by atoms with E-state index in [1.165, 1.54) is 37.3 Å². The van der Waals surface area contributed by atoms with Crippen molar-refractivity contribution in [3.8, 4) is 5.75 Å². The summed E-state index contributed by atoms with van der Waals surface area (Å²) >= 11 is 11.7. The summed E-state index contributed by atoms with van der Waals surface area (Å²) in [6, 6.07) is 10.6. The Hall–Kier alpha value is -1.31. The first-order valence-corrected chi connectivity index (χ1v) is 9.15. The Bertz CT molecular complexity index is 821. The molecule has 0 radical (unpaired) electrons. The molecule has 8 heteroatoms. The SMILES string of the molecule is Cc1cccc(S(=O)(=O)OC(Oc2ccc(Cl)c(Cl)c2)C(C)O)c1. The van der Waals surface area contributed by atoms with Crippen LogP contribution in [0.25, 0.3) is 0 Å². The Labute approximate surface area is 150 Å². The zero-order valence-corrected chi connectivity index (χ0v) is 15.3. The van der Waals surface area contributed by atoms with Crippen LogP contribution in [0.15, 0.2) is 47.4 Å². The van der Waals surface area contributed by atoms with Crippen molar-refractivity contribution in [1.29, 1.82) is 0 Å². The van der Waals surface area contributed by atoms with E-state index in [9.17, 15) is 13.5 Å². The third-order valence-corrected chi connectivity index (χ3v) is 5.05. The maximum absolute atomic E-state index is 12.4. The normalized spacial score (nSPS) is 14.2. The average molecular weight is 391 g/mol. The van der Waals surface area contributed by atoms with Gasteiger partial charge in [0.05, 0.1) is 14.9 Å². The lowest BCUT2D eigenvalue weighted by atomic mass is 10.2. The van der Waals surface area contributed by atoms with Crippen LogP contribution in [0.3, 0.4) is 0 Å². The molecule has 130 valence electrons. The molecule has 0 heterocycles. The molecular formula is C16H16Cl2O5S. The fourth-order valence-corrected chi connectivity index (χ4v) is 3.26. The van der Waals surface area contributed by atoms with Crippen molar-refractivity contribution in [2.45, 2.75) is 31.1 Å². The third-order valence-electron chi connectivity index (χ3n) is 3.04. The van der Waals surface area contributed by atoms with Crippen molar-refractivity contribution in [2.24, 2.45) is 0 Å². The molecule has 24 heavy (non-hydrogen) atoms. The van der Waals surface area contributed by atoms with Gasteiger partial charge in [-0.15, -0.1) is 0 Å². The average Bonchev–Trinajstić information content (AvgIpc) is 2.50. The minimum Gasteiger partial charge on any atom is -0.461 e. The summed E-state index contributed by atoms with van der Waals surface area (Å²) in [5.74, 6) is 0.217. The first-order chi connectivity index (χ1) is 11.2. The molecule has 2 aromatic rings. The summed E-state index contributed by atoms with van der Waals surface area (Å²) < 4.78 is 35.1. The number of halogens is 2. The van der Waals surface area contributed by atoms with Gasteiger partial charge in [0.1, 0.15) is 11.9 Å². The first-order valence-electron chi connectivity index (χ1n) is 6.99. The van der Waals surface area contributed by atoms with Crippen LogP contribution in [0.1, 0.15) is 12.5 Å². The van der Waals surface area contributed by atoms with Gasteiger partial charge in [-0.1, -0.05) is 35.3 Å². The van der Waals surface area contributed by atoms with Crippen LogP contribution in [0.2, 0.25) is 10.0 Å². The largest absolute Gasteiger partial charge is 0.461 e. The molecule has 0 spiro atoms. The quantitative estimate of drug-likeness (QED) is 0.599. The van der Waals surface area contributed by atoms with Gasteiger partial charge in [-0.2, -0.15) is 8.42 Å². The van der Waals surface area contributed by atoms with Crippen LogP contribution in [-0.2, 0) is 14.3 Å². The van der Waals surface area contributed by atoms with Gasteiger partial charge < -0.3 is 9.84 Å². The second-order valence-electron chi connectivity index (χ2n) is 5.17. The van der Waals surface area contributed by atoms with Gasteiger partial charge in [0.25, 0.3) is 10.1 Å². The zero-order chi connectivity index (χ0) is 17.9. The molecule has 0 aliphatic carbocycles. The molecule has 2 unspecified atom stereocenters. The summed E-state index contributed by atoms with van der Waals surface area (Å²) in [6.07, 6.45) is -2.65. The molecule has 0 aromatic heterocycles. The van der Waals surface area contributed by atoms with E-state index >= 15 is 0 Å². The van der Waals surface area contributed by atoms with Crippen LogP contribution in [-0.4, -0.2) is 25.9 Å². The fraction of sp³-hybridized carbons (Fsp3) is 0.250. The Morgan fingerprint density at radius 1 is 1.08 bits per heavy atom. The Balaban J connectivity index is 2.23. The highest BCUT2D eigenvalue weighted by molar-refractivity contribution is 7.86. The molecule has 5 nitrogen and oxygen atoms in total. The van der Waals surface area contributed by atoms with E-state index in [4.69, 9.17) is 32.1 Å². The number of aliphatic hydroxyl groups is 1. The Kier molecular flexibility index (Phi) is 6.11. The minimum absolute atomic E-state index is 0.0223. The Morgan fingerprint density at radius 3 is 2.38 bits per heavy atom. The molecular weight excluding hydrogens is 375 g/mol. The topological polar surface area (TPSA) is 72.8 Å². The van der Waals surface area contributed by atoms with Crippen LogP contribution in [0, 0.1) is 6.92 Å². The number of rotatable bonds is 6. The van der Waals surface area contributed by atoms with Crippen LogP contribution in [0.4, 0.5) is 0 Å². The summed E-state index contributed by atoms with van der Waals surface area (Å²) in [7, 11) is -4.11. The second-order valence-corrected chi connectivity index (χ2v) is 7.56.